The van der Waals surface area contributed by atoms with Gasteiger partial charge < -0.3 is 9.02 Å². The predicted octanol–water partition coefficient (Wildman–Crippen LogP) is 3.00. The fourth-order valence-electron chi connectivity index (χ4n) is 2.05. The van der Waals surface area contributed by atoms with Crippen LogP contribution < -0.4 is 4.18 Å². The van der Waals surface area contributed by atoms with Gasteiger partial charge in [0.1, 0.15) is 17.8 Å². The summed E-state index contributed by atoms with van der Waals surface area (Å²) < 4.78 is 29.7. The quantitative estimate of drug-likeness (QED) is 0.472. The zero-order chi connectivity index (χ0) is 17.7. The summed E-state index contributed by atoms with van der Waals surface area (Å²) in [6, 6.07) is 12.7. The number of hydrogen-bond acceptors (Lipinski definition) is 6. The van der Waals surface area contributed by atoms with Crippen molar-refractivity contribution in [1.82, 2.24) is 0 Å². The van der Waals surface area contributed by atoms with Gasteiger partial charge in [-0.15, -0.1) is 0 Å². The van der Waals surface area contributed by atoms with Crippen molar-refractivity contribution in [3.05, 3.63) is 59.2 Å². The fraction of sp³-hybridized carbons (Fsp3) is 0.176. The van der Waals surface area contributed by atoms with Crippen LogP contribution in [0.15, 0.2) is 52.5 Å². The van der Waals surface area contributed by atoms with Crippen LogP contribution in [0.4, 0.5) is 0 Å². The molecule has 124 valence electrons. The van der Waals surface area contributed by atoms with Gasteiger partial charge in [0.25, 0.3) is 0 Å². The maximum atomic E-state index is 12.3. The maximum Gasteiger partial charge on any atom is 0.339 e. The van der Waals surface area contributed by atoms with Gasteiger partial charge in [-0.1, -0.05) is 22.9 Å². The van der Waals surface area contributed by atoms with E-state index in [0.29, 0.717) is 11.3 Å². The molecule has 0 saturated heterocycles. The van der Waals surface area contributed by atoms with E-state index in [1.807, 2.05) is 13.0 Å². The molecule has 2 aromatic rings. The summed E-state index contributed by atoms with van der Waals surface area (Å²) in [6.07, 6.45) is 0. The molecule has 0 fully saturated rings. The second-order valence-electron chi connectivity index (χ2n) is 5.03. The molecule has 0 radical (unpaired) electrons. The Bertz CT molecular complexity index is 911. The molecule has 0 aliphatic rings. The molecule has 0 N–H and O–H groups in total. The van der Waals surface area contributed by atoms with Gasteiger partial charge in [-0.3, -0.25) is 0 Å². The standard InChI is InChI=1S/C17H16N2O4S/c1-12-4-7-16(8-5-12)24(20,21)23-15-6-9-17(13(2)19-22-3)14(10-15)11-18/h4-10H,1-3H3/b19-13+. The van der Waals surface area contributed by atoms with Crippen LogP contribution in [0.5, 0.6) is 5.75 Å². The molecule has 24 heavy (non-hydrogen) atoms. The number of hydrogen-bond donors (Lipinski definition) is 0. The molecule has 0 bridgehead atoms. The van der Waals surface area contributed by atoms with Gasteiger partial charge in [-0.25, -0.2) is 0 Å². The smallest absolute Gasteiger partial charge is 0.339 e. The molecule has 0 saturated carbocycles. The minimum Gasteiger partial charge on any atom is -0.399 e. The lowest BCUT2D eigenvalue weighted by Crippen LogP contribution is -2.10. The summed E-state index contributed by atoms with van der Waals surface area (Å²) in [6.45, 7) is 3.54. The number of aryl methyl sites for hydroxylation is 1. The molecule has 0 spiro atoms. The highest BCUT2D eigenvalue weighted by atomic mass is 32.2. The number of rotatable bonds is 5. The highest BCUT2D eigenvalue weighted by Gasteiger charge is 2.17. The number of nitriles is 1. The highest BCUT2D eigenvalue weighted by Crippen LogP contribution is 2.22. The Labute approximate surface area is 141 Å². The van der Waals surface area contributed by atoms with Crippen molar-refractivity contribution < 1.29 is 17.4 Å². The van der Waals surface area contributed by atoms with E-state index in [-0.39, 0.29) is 16.2 Å². The third-order valence-electron chi connectivity index (χ3n) is 3.25. The summed E-state index contributed by atoms with van der Waals surface area (Å²) in [5.74, 6) is 0.0566. The average Bonchev–Trinajstić information content (AvgIpc) is 2.55. The highest BCUT2D eigenvalue weighted by molar-refractivity contribution is 7.87. The Morgan fingerprint density at radius 1 is 1.17 bits per heavy atom. The lowest BCUT2D eigenvalue weighted by atomic mass is 10.0. The number of nitrogens with zero attached hydrogens (tertiary/aromatic N) is 2. The Hall–Kier alpha value is -2.85. The molecule has 0 aliphatic heterocycles. The molecular weight excluding hydrogens is 328 g/mol. The predicted molar refractivity (Wildman–Crippen MR) is 89.4 cm³/mol. The van der Waals surface area contributed by atoms with E-state index in [2.05, 4.69) is 9.99 Å². The largest absolute Gasteiger partial charge is 0.399 e. The SMILES string of the molecule is CO/N=C(\C)c1ccc(OS(=O)(=O)c2ccc(C)cc2)cc1C#N. The second kappa shape index (κ2) is 7.15. The second-order valence-corrected chi connectivity index (χ2v) is 6.58. The molecule has 0 aromatic heterocycles. The molecule has 0 heterocycles. The van der Waals surface area contributed by atoms with Gasteiger partial charge in [0.2, 0.25) is 0 Å². The van der Waals surface area contributed by atoms with Gasteiger partial charge in [-0.05, 0) is 38.1 Å². The lowest BCUT2D eigenvalue weighted by molar-refractivity contribution is 0.213. The first-order valence-electron chi connectivity index (χ1n) is 7.01. The Morgan fingerprint density at radius 3 is 2.42 bits per heavy atom. The minimum atomic E-state index is -3.96. The van der Waals surface area contributed by atoms with E-state index in [1.165, 1.54) is 31.4 Å². The Kier molecular flexibility index (Phi) is 5.21. The van der Waals surface area contributed by atoms with E-state index in [1.54, 1.807) is 25.1 Å². The molecule has 0 unspecified atom stereocenters. The summed E-state index contributed by atoms with van der Waals surface area (Å²) in [5.41, 5.74) is 2.23. The zero-order valence-electron chi connectivity index (χ0n) is 13.5. The monoisotopic (exact) mass is 344 g/mol. The molecule has 0 atom stereocenters. The number of benzene rings is 2. The van der Waals surface area contributed by atoms with Crippen molar-refractivity contribution in [3.8, 4) is 11.8 Å². The van der Waals surface area contributed by atoms with Crippen LogP contribution in [-0.2, 0) is 15.0 Å². The van der Waals surface area contributed by atoms with E-state index in [9.17, 15) is 13.7 Å². The molecule has 0 aliphatic carbocycles. The van der Waals surface area contributed by atoms with E-state index in [4.69, 9.17) is 4.18 Å². The van der Waals surface area contributed by atoms with Crippen molar-refractivity contribution >= 4 is 15.8 Å². The molecule has 6 nitrogen and oxygen atoms in total. The fourth-order valence-corrected chi connectivity index (χ4v) is 2.97. The first-order valence-corrected chi connectivity index (χ1v) is 8.41. The van der Waals surface area contributed by atoms with Gasteiger partial charge >= 0.3 is 10.1 Å². The maximum absolute atomic E-state index is 12.3. The van der Waals surface area contributed by atoms with Crippen LogP contribution in [0.25, 0.3) is 0 Å². The first-order chi connectivity index (χ1) is 11.4. The van der Waals surface area contributed by atoms with Crippen molar-refractivity contribution in [1.29, 1.82) is 5.26 Å². The van der Waals surface area contributed by atoms with E-state index >= 15 is 0 Å². The molecule has 2 aromatic carbocycles. The van der Waals surface area contributed by atoms with Gasteiger partial charge in [-0.2, -0.15) is 13.7 Å². The summed E-state index contributed by atoms with van der Waals surface area (Å²) in [5, 5.41) is 13.0. The zero-order valence-corrected chi connectivity index (χ0v) is 14.3. The van der Waals surface area contributed by atoms with Crippen molar-refractivity contribution in [2.24, 2.45) is 5.16 Å². The van der Waals surface area contributed by atoms with Gasteiger partial charge in [0.15, 0.2) is 0 Å². The van der Waals surface area contributed by atoms with Crippen LogP contribution in [0.2, 0.25) is 0 Å². The van der Waals surface area contributed by atoms with E-state index < -0.39 is 10.1 Å². The van der Waals surface area contributed by atoms with Gasteiger partial charge in [0.05, 0.1) is 17.3 Å². The van der Waals surface area contributed by atoms with Crippen LogP contribution in [0.3, 0.4) is 0 Å². The van der Waals surface area contributed by atoms with Crippen molar-refractivity contribution in [3.63, 3.8) is 0 Å². The molecule has 0 amide bonds. The normalized spacial score (nSPS) is 11.7. The summed E-state index contributed by atoms with van der Waals surface area (Å²) in [7, 11) is -2.56. The third-order valence-corrected chi connectivity index (χ3v) is 4.51. The minimum absolute atomic E-state index is 0.0489. The Balaban J connectivity index is 2.35. The summed E-state index contributed by atoms with van der Waals surface area (Å²) >= 11 is 0. The molecule has 2 rings (SSSR count). The summed E-state index contributed by atoms with van der Waals surface area (Å²) in [4.78, 5) is 4.74. The Morgan fingerprint density at radius 2 is 1.83 bits per heavy atom. The lowest BCUT2D eigenvalue weighted by Gasteiger charge is -2.09. The third kappa shape index (κ3) is 3.91. The van der Waals surface area contributed by atoms with Gasteiger partial charge in [0, 0.05) is 11.6 Å². The molecular formula is C17H16N2O4S. The van der Waals surface area contributed by atoms with Crippen LogP contribution in [0.1, 0.15) is 23.6 Å². The average molecular weight is 344 g/mol. The van der Waals surface area contributed by atoms with Crippen LogP contribution in [0, 0.1) is 18.3 Å². The van der Waals surface area contributed by atoms with E-state index in [0.717, 1.165) is 5.56 Å². The van der Waals surface area contributed by atoms with Crippen molar-refractivity contribution in [2.45, 2.75) is 18.7 Å². The van der Waals surface area contributed by atoms with Crippen LogP contribution >= 0.6 is 0 Å². The van der Waals surface area contributed by atoms with Crippen molar-refractivity contribution in [2.75, 3.05) is 7.11 Å². The topological polar surface area (TPSA) is 88.8 Å². The van der Waals surface area contributed by atoms with Crippen LogP contribution in [-0.4, -0.2) is 21.2 Å². The number of oxime groups is 1. The molecule has 7 heteroatoms. The first kappa shape index (κ1) is 17.5.